The topological polar surface area (TPSA) is 309 Å². The number of ether oxygens (including phenoxy) is 6. The van der Waals surface area contributed by atoms with E-state index in [0.29, 0.717) is 51.4 Å². The zero-order valence-electron chi connectivity index (χ0n) is 68.5. The van der Waals surface area contributed by atoms with Crippen molar-refractivity contribution in [3.63, 3.8) is 0 Å². The third-order valence-corrected chi connectivity index (χ3v) is 20.6. The molecule has 1 fully saturated rings. The molecule has 0 radical (unpaired) electrons. The molecule has 0 spiro atoms. The summed E-state index contributed by atoms with van der Waals surface area (Å²) in [5.41, 5.74) is 0. The van der Waals surface area contributed by atoms with E-state index in [9.17, 15) is 58.1 Å². The van der Waals surface area contributed by atoms with Gasteiger partial charge >= 0.3 is 37.7 Å². The van der Waals surface area contributed by atoms with E-state index in [1.54, 1.807) is 0 Å². The average molecular weight is 1530 g/mol. The fourth-order valence-corrected chi connectivity index (χ4v) is 14.0. The Kier molecular flexibility index (Phi) is 67.9. The Morgan fingerprint density at radius 1 is 0.415 bits per heavy atom. The normalized spacial score (nSPS) is 17.0. The van der Waals surface area contributed by atoms with E-state index in [1.807, 2.05) is 6.92 Å². The SMILES string of the molecule is CCCCCCCCCCC[C@H](CC(=O)N[C@H]1[C@@H](OC[C@H](NC(=O)C[C@@H](CCCCCCCCCCC)OC(=O)CCCCC)C(=O)O)O[C@H](CO)[C@@H](OP(=O)(O)O)[C@@H]1OC(=O)C[C@@H](CCCCCCCCCCC)OC(=O)CCCCCCCCC)OC(=O)CCCCCCCCC.CCN(CC)CC. The molecular weight excluding hydrogens is 1370 g/mol. The van der Waals surface area contributed by atoms with Gasteiger partial charge in [0.25, 0.3) is 0 Å². The van der Waals surface area contributed by atoms with Crippen LogP contribution in [0.1, 0.15) is 403 Å². The first-order valence-corrected chi connectivity index (χ1v) is 44.7. The Morgan fingerprint density at radius 3 is 1.05 bits per heavy atom. The van der Waals surface area contributed by atoms with Gasteiger partial charge in [0.05, 0.1) is 32.5 Å². The number of esters is 4. The second-order valence-electron chi connectivity index (χ2n) is 29.7. The molecule has 9 atom stereocenters. The van der Waals surface area contributed by atoms with Crippen molar-refractivity contribution in [1.82, 2.24) is 15.5 Å². The van der Waals surface area contributed by atoms with Crippen LogP contribution < -0.4 is 10.6 Å². The van der Waals surface area contributed by atoms with Gasteiger partial charge in [0.2, 0.25) is 11.8 Å². The van der Waals surface area contributed by atoms with Crippen LogP contribution in [0.3, 0.4) is 0 Å². The van der Waals surface area contributed by atoms with Crippen molar-refractivity contribution in [2.45, 2.75) is 458 Å². The summed E-state index contributed by atoms with van der Waals surface area (Å²) < 4.78 is 54.6. The molecule has 0 aliphatic carbocycles. The molecular formula is C83H158N3O19P. The standard InChI is InChI=1S/C77H143N2O19P.C6H15N/c1-7-13-19-24-29-32-37-40-46-51-62(93-69(83)54-45-18-12-6)57-67(81)78-65(76(87)88)61-92-77-73(79-68(82)58-63(52-47-41-38-33-30-25-20-14-8-2)94-70(84)55-49-43-35-27-22-16-10-4)75(74(66(60-80)96-77)98-99(89,90)91)97-72(86)59-64(53-48-42-39-34-31-26-21-15-9-3)95-71(85)56-50-44-36-28-23-17-11-5;1-4-7(5-2)6-3/h62-66,73-75,77,80H,7-61H2,1-6H3,(H,78,81)(H,79,82)(H,87,88)(H2,89,90,91);4-6H2,1-3H3/t62-,63-,64-,65+,66-,73-,74-,75-,77+;/m1./s1. The number of rotatable bonds is 72. The summed E-state index contributed by atoms with van der Waals surface area (Å²) in [7, 11) is -5.56. The largest absolute Gasteiger partial charge is 0.480 e. The maximum absolute atomic E-state index is 14.8. The van der Waals surface area contributed by atoms with Gasteiger partial charge in [-0.15, -0.1) is 0 Å². The summed E-state index contributed by atoms with van der Waals surface area (Å²) in [5, 5.41) is 26.8. The summed E-state index contributed by atoms with van der Waals surface area (Å²) in [5.74, 6) is -5.57. The van der Waals surface area contributed by atoms with Crippen LogP contribution in [-0.2, 0) is 71.1 Å². The Balaban J connectivity index is 0.0000149. The molecule has 1 aliphatic rings. The molecule has 1 saturated heterocycles. The minimum Gasteiger partial charge on any atom is -0.480 e. The number of carboxylic acid groups (broad SMARTS) is 1. The molecule has 22 nitrogen and oxygen atoms in total. The highest BCUT2D eigenvalue weighted by Crippen LogP contribution is 2.42. The summed E-state index contributed by atoms with van der Waals surface area (Å²) in [6.07, 6.45) is 33.4. The monoisotopic (exact) mass is 1530 g/mol. The van der Waals surface area contributed by atoms with Gasteiger partial charge in [0.1, 0.15) is 36.6 Å². The molecule has 0 aromatic carbocycles. The third kappa shape index (κ3) is 58.2. The third-order valence-electron chi connectivity index (χ3n) is 20.0. The van der Waals surface area contributed by atoms with Gasteiger partial charge in [-0.05, 0) is 77.4 Å². The quantitative estimate of drug-likeness (QED) is 0.0143. The number of phosphoric acid groups is 1. The predicted molar refractivity (Wildman–Crippen MR) is 422 cm³/mol. The second kappa shape index (κ2) is 70.4. The van der Waals surface area contributed by atoms with Crippen molar-refractivity contribution in [3.8, 4) is 0 Å². The molecule has 2 amide bonds. The van der Waals surface area contributed by atoms with E-state index in [4.69, 9.17) is 32.9 Å². The van der Waals surface area contributed by atoms with Crippen LogP contribution in [-0.4, -0.2) is 154 Å². The smallest absolute Gasteiger partial charge is 0.470 e. The minimum atomic E-state index is -5.56. The number of nitrogens with one attached hydrogen (secondary N) is 2. The van der Waals surface area contributed by atoms with Gasteiger partial charge < -0.3 is 64.0 Å². The van der Waals surface area contributed by atoms with Gasteiger partial charge in [-0.25, -0.2) is 9.36 Å². The van der Waals surface area contributed by atoms with Crippen molar-refractivity contribution in [1.29, 1.82) is 0 Å². The van der Waals surface area contributed by atoms with Crippen LogP contribution in [0.4, 0.5) is 0 Å². The number of aliphatic carboxylic acids is 1. The summed E-state index contributed by atoms with van der Waals surface area (Å²) in [6.45, 7) is 21.1. The molecule has 1 aliphatic heterocycles. The first-order valence-electron chi connectivity index (χ1n) is 43.1. The highest BCUT2D eigenvalue weighted by Gasteiger charge is 2.52. The highest BCUT2D eigenvalue weighted by atomic mass is 31.2. The molecule has 23 heteroatoms. The average Bonchev–Trinajstić information content (AvgIpc) is 0.780. The first kappa shape index (κ1) is 102. The summed E-state index contributed by atoms with van der Waals surface area (Å²) in [4.78, 5) is 120. The van der Waals surface area contributed by atoms with Crippen molar-refractivity contribution in [2.75, 3.05) is 32.8 Å². The number of carbonyl (C=O) groups excluding carboxylic acids is 6. The Morgan fingerprint density at radius 2 is 0.726 bits per heavy atom. The lowest BCUT2D eigenvalue weighted by Gasteiger charge is -2.45. The fraction of sp³-hybridized carbons (Fsp3) is 0.916. The predicted octanol–water partition coefficient (Wildman–Crippen LogP) is 19.0. The van der Waals surface area contributed by atoms with Crippen LogP contribution in [0.25, 0.3) is 0 Å². The number of phosphoric ester groups is 1. The minimum absolute atomic E-state index is 0.124. The van der Waals surface area contributed by atoms with Crippen LogP contribution >= 0.6 is 7.82 Å². The van der Waals surface area contributed by atoms with Gasteiger partial charge in [-0.1, -0.05) is 306 Å². The lowest BCUT2D eigenvalue weighted by molar-refractivity contribution is -0.272. The van der Waals surface area contributed by atoms with Gasteiger partial charge in [-0.2, -0.15) is 0 Å². The van der Waals surface area contributed by atoms with Crippen molar-refractivity contribution in [2.24, 2.45) is 0 Å². The van der Waals surface area contributed by atoms with Gasteiger partial charge in [0.15, 0.2) is 18.4 Å². The first-order chi connectivity index (χ1) is 51.2. The number of aliphatic hydroxyl groups excluding tert-OH is 1. The van der Waals surface area contributed by atoms with Crippen LogP contribution in [0.5, 0.6) is 0 Å². The Labute approximate surface area is 643 Å². The number of carbonyl (C=O) groups is 7. The number of nitrogens with zero attached hydrogens (tertiary/aromatic N) is 1. The van der Waals surface area contributed by atoms with Crippen molar-refractivity contribution >= 4 is 49.5 Å². The molecule has 6 N–H and O–H groups in total. The number of hydrogen-bond donors (Lipinski definition) is 6. The van der Waals surface area contributed by atoms with E-state index in [0.717, 1.165) is 199 Å². The molecule has 0 saturated carbocycles. The van der Waals surface area contributed by atoms with Gasteiger partial charge in [-0.3, -0.25) is 33.3 Å². The summed E-state index contributed by atoms with van der Waals surface area (Å²) in [6, 6.07) is -3.59. The fourth-order valence-electron chi connectivity index (χ4n) is 13.5. The van der Waals surface area contributed by atoms with E-state index in [2.05, 4.69) is 70.9 Å². The van der Waals surface area contributed by atoms with E-state index in [-0.39, 0.29) is 32.1 Å². The molecule has 1 heterocycles. The molecule has 0 bridgehead atoms. The zero-order valence-corrected chi connectivity index (χ0v) is 69.4. The number of carboxylic acids is 1. The van der Waals surface area contributed by atoms with E-state index >= 15 is 0 Å². The molecule has 106 heavy (non-hydrogen) atoms. The number of aliphatic hydroxyl groups is 1. The maximum atomic E-state index is 14.8. The maximum Gasteiger partial charge on any atom is 0.470 e. The highest BCUT2D eigenvalue weighted by molar-refractivity contribution is 7.46. The molecule has 1 rings (SSSR count). The molecule has 0 unspecified atom stereocenters. The van der Waals surface area contributed by atoms with Crippen molar-refractivity contribution in [3.05, 3.63) is 0 Å². The second-order valence-corrected chi connectivity index (χ2v) is 30.9. The van der Waals surface area contributed by atoms with E-state index in [1.165, 1.54) is 64.6 Å². The lowest BCUT2D eigenvalue weighted by Crippen LogP contribution is -2.66. The summed E-state index contributed by atoms with van der Waals surface area (Å²) >= 11 is 0. The Hall–Kier alpha value is -3.76. The number of amides is 2. The molecule has 624 valence electrons. The number of hydrogen-bond acceptors (Lipinski definition) is 17. The van der Waals surface area contributed by atoms with Crippen LogP contribution in [0.2, 0.25) is 0 Å². The van der Waals surface area contributed by atoms with E-state index < -0.39 is 131 Å². The van der Waals surface area contributed by atoms with Crippen LogP contribution in [0.15, 0.2) is 0 Å². The number of unbranched alkanes of at least 4 members (excludes halogenated alkanes) is 38. The van der Waals surface area contributed by atoms with Crippen molar-refractivity contribution < 1.29 is 91.1 Å². The van der Waals surface area contributed by atoms with Gasteiger partial charge in [0, 0.05) is 19.3 Å². The molecule has 0 aromatic heterocycles. The van der Waals surface area contributed by atoms with Crippen LogP contribution in [0, 0.1) is 0 Å². The molecule has 0 aromatic rings. The Bertz CT molecular complexity index is 2200. The zero-order chi connectivity index (χ0) is 78.7. The lowest BCUT2D eigenvalue weighted by atomic mass is 9.95.